The molecule has 0 aliphatic heterocycles. The van der Waals surface area contributed by atoms with Crippen molar-refractivity contribution >= 4 is 17.6 Å². The summed E-state index contributed by atoms with van der Waals surface area (Å²) in [5.41, 5.74) is -0.192. The molecule has 2 aromatic rings. The second-order valence-corrected chi connectivity index (χ2v) is 4.69. The first kappa shape index (κ1) is 17.4. The molecule has 0 fully saturated rings. The molecule has 0 spiro atoms. The molecular weight excluding hydrogens is 314 g/mol. The quantitative estimate of drug-likeness (QED) is 0.793. The van der Waals surface area contributed by atoms with E-state index in [1.54, 1.807) is 37.3 Å². The number of nitrogens with zero attached hydrogens (tertiary/aromatic N) is 2. The number of amides is 1. The van der Waals surface area contributed by atoms with E-state index in [2.05, 4.69) is 10.4 Å². The number of nitrogens with one attached hydrogen (secondary N) is 1. The van der Waals surface area contributed by atoms with Crippen molar-refractivity contribution < 1.29 is 19.1 Å². The molecule has 2 rings (SSSR count). The summed E-state index contributed by atoms with van der Waals surface area (Å²) in [6, 6.07) is 9.74. The smallest absolute Gasteiger partial charge is 0.360 e. The van der Waals surface area contributed by atoms with Crippen molar-refractivity contribution in [1.82, 2.24) is 9.78 Å². The molecule has 8 heteroatoms. The number of methoxy groups -OCH3 is 1. The lowest BCUT2D eigenvalue weighted by atomic mass is 10.3. The maximum absolute atomic E-state index is 12.3. The molecule has 0 aliphatic carbocycles. The Morgan fingerprint density at radius 2 is 1.96 bits per heavy atom. The molecule has 0 radical (unpaired) electrons. The van der Waals surface area contributed by atoms with Gasteiger partial charge >= 0.3 is 5.97 Å². The number of carbonyl (C=O) groups excluding carboxylic acids is 2. The molecule has 0 unspecified atom stereocenters. The standard InChI is InChI=1S/C16H17N3O5/c1-3-24-16(22)15-12(17-13(20)10-23-2)9-14(21)19(18-15)11-7-5-4-6-8-11/h4-9H,3,10H2,1-2H3,(H,17,20). The lowest BCUT2D eigenvalue weighted by Gasteiger charge is -2.12. The highest BCUT2D eigenvalue weighted by atomic mass is 16.5. The molecule has 1 heterocycles. The van der Waals surface area contributed by atoms with Crippen LogP contribution in [0.1, 0.15) is 17.4 Å². The average molecular weight is 331 g/mol. The molecule has 0 bridgehead atoms. The van der Waals surface area contributed by atoms with Crippen LogP contribution in [0.4, 0.5) is 5.69 Å². The zero-order valence-corrected chi connectivity index (χ0v) is 13.3. The lowest BCUT2D eigenvalue weighted by Crippen LogP contribution is -2.28. The second-order valence-electron chi connectivity index (χ2n) is 4.69. The van der Waals surface area contributed by atoms with Crippen LogP contribution in [0.5, 0.6) is 0 Å². The van der Waals surface area contributed by atoms with Crippen LogP contribution in [0.3, 0.4) is 0 Å². The summed E-state index contributed by atoms with van der Waals surface area (Å²) < 4.78 is 10.7. The van der Waals surface area contributed by atoms with Gasteiger partial charge in [-0.05, 0) is 19.1 Å². The molecule has 1 aromatic carbocycles. The number of anilines is 1. The van der Waals surface area contributed by atoms with Crippen LogP contribution >= 0.6 is 0 Å². The van der Waals surface area contributed by atoms with Crippen LogP contribution in [0.15, 0.2) is 41.2 Å². The van der Waals surface area contributed by atoms with Crippen molar-refractivity contribution in [2.45, 2.75) is 6.92 Å². The molecular formula is C16H17N3O5. The third-order valence-electron chi connectivity index (χ3n) is 2.95. The fraction of sp³-hybridized carbons (Fsp3) is 0.250. The number of esters is 1. The number of aromatic nitrogens is 2. The highest BCUT2D eigenvalue weighted by Crippen LogP contribution is 2.13. The van der Waals surface area contributed by atoms with Crippen molar-refractivity contribution in [3.05, 3.63) is 52.4 Å². The third kappa shape index (κ3) is 4.05. The first-order valence-corrected chi connectivity index (χ1v) is 7.22. The van der Waals surface area contributed by atoms with Crippen LogP contribution in [0.25, 0.3) is 5.69 Å². The van der Waals surface area contributed by atoms with Crippen molar-refractivity contribution in [3.8, 4) is 5.69 Å². The Morgan fingerprint density at radius 3 is 2.58 bits per heavy atom. The van der Waals surface area contributed by atoms with Gasteiger partial charge in [-0.1, -0.05) is 18.2 Å². The van der Waals surface area contributed by atoms with Gasteiger partial charge in [0.05, 0.1) is 18.0 Å². The first-order chi connectivity index (χ1) is 11.6. The molecule has 0 atom stereocenters. The predicted molar refractivity (Wildman–Crippen MR) is 86.3 cm³/mol. The summed E-state index contributed by atoms with van der Waals surface area (Å²) in [6.07, 6.45) is 0. The summed E-state index contributed by atoms with van der Waals surface area (Å²) >= 11 is 0. The van der Waals surface area contributed by atoms with Crippen LogP contribution < -0.4 is 10.9 Å². The van der Waals surface area contributed by atoms with Gasteiger partial charge in [-0.25, -0.2) is 4.79 Å². The number of benzene rings is 1. The first-order valence-electron chi connectivity index (χ1n) is 7.22. The number of carbonyl (C=O) groups is 2. The fourth-order valence-electron chi connectivity index (χ4n) is 1.97. The van der Waals surface area contributed by atoms with E-state index in [1.807, 2.05) is 0 Å². The molecule has 1 aromatic heterocycles. The van der Waals surface area contributed by atoms with Gasteiger partial charge in [0.25, 0.3) is 5.56 Å². The van der Waals surface area contributed by atoms with Crippen molar-refractivity contribution in [2.24, 2.45) is 0 Å². The maximum Gasteiger partial charge on any atom is 0.360 e. The van der Waals surface area contributed by atoms with E-state index in [9.17, 15) is 14.4 Å². The lowest BCUT2D eigenvalue weighted by molar-refractivity contribution is -0.119. The van der Waals surface area contributed by atoms with Crippen LogP contribution in [0.2, 0.25) is 0 Å². The topological polar surface area (TPSA) is 99.5 Å². The van der Waals surface area contributed by atoms with Gasteiger partial charge in [0, 0.05) is 13.2 Å². The molecule has 8 nitrogen and oxygen atoms in total. The summed E-state index contributed by atoms with van der Waals surface area (Å²) in [4.78, 5) is 36.1. The molecule has 0 saturated heterocycles. The van der Waals surface area contributed by atoms with E-state index in [0.29, 0.717) is 5.69 Å². The number of hydrogen-bond donors (Lipinski definition) is 1. The van der Waals surface area contributed by atoms with Crippen molar-refractivity contribution in [2.75, 3.05) is 25.6 Å². The monoisotopic (exact) mass is 331 g/mol. The Morgan fingerprint density at radius 1 is 1.25 bits per heavy atom. The third-order valence-corrected chi connectivity index (χ3v) is 2.95. The fourth-order valence-corrected chi connectivity index (χ4v) is 1.97. The van der Waals surface area contributed by atoms with Crippen LogP contribution in [0, 0.1) is 0 Å². The van der Waals surface area contributed by atoms with E-state index >= 15 is 0 Å². The molecule has 1 amide bonds. The Kier molecular flexibility index (Phi) is 5.80. The van der Waals surface area contributed by atoms with Gasteiger partial charge in [-0.2, -0.15) is 9.78 Å². The number of hydrogen-bond acceptors (Lipinski definition) is 6. The minimum Gasteiger partial charge on any atom is -0.461 e. The summed E-state index contributed by atoms with van der Waals surface area (Å²) in [6.45, 7) is 1.56. The van der Waals surface area contributed by atoms with Gasteiger partial charge in [0.1, 0.15) is 6.61 Å². The van der Waals surface area contributed by atoms with Gasteiger partial charge in [-0.3, -0.25) is 9.59 Å². The predicted octanol–water partition coefficient (Wildman–Crippen LogP) is 0.994. The van der Waals surface area contributed by atoms with Crippen molar-refractivity contribution in [3.63, 3.8) is 0 Å². The molecule has 0 saturated carbocycles. The normalized spacial score (nSPS) is 10.2. The molecule has 0 aliphatic rings. The van der Waals surface area contributed by atoms with Gasteiger partial charge in [-0.15, -0.1) is 0 Å². The average Bonchev–Trinajstić information content (AvgIpc) is 2.56. The van der Waals surface area contributed by atoms with Crippen molar-refractivity contribution in [1.29, 1.82) is 0 Å². The number of rotatable bonds is 6. The van der Waals surface area contributed by atoms with E-state index in [4.69, 9.17) is 9.47 Å². The van der Waals surface area contributed by atoms with Gasteiger partial charge in [0.15, 0.2) is 5.69 Å². The second kappa shape index (κ2) is 8.02. The van der Waals surface area contributed by atoms with Crippen LogP contribution in [-0.4, -0.2) is 42.0 Å². The zero-order valence-electron chi connectivity index (χ0n) is 13.3. The summed E-state index contributed by atoms with van der Waals surface area (Å²) in [5.74, 6) is -1.25. The van der Waals surface area contributed by atoms with E-state index < -0.39 is 17.4 Å². The highest BCUT2D eigenvalue weighted by molar-refractivity contribution is 6.00. The number of ether oxygens (including phenoxy) is 2. The molecule has 24 heavy (non-hydrogen) atoms. The number of para-hydroxylation sites is 1. The largest absolute Gasteiger partial charge is 0.461 e. The zero-order chi connectivity index (χ0) is 17.5. The van der Waals surface area contributed by atoms with Gasteiger partial charge in [0.2, 0.25) is 5.91 Å². The molecule has 1 N–H and O–H groups in total. The summed E-state index contributed by atoms with van der Waals surface area (Å²) in [7, 11) is 1.36. The highest BCUT2D eigenvalue weighted by Gasteiger charge is 2.19. The maximum atomic E-state index is 12.3. The van der Waals surface area contributed by atoms with E-state index in [1.165, 1.54) is 7.11 Å². The Bertz CT molecular complexity index is 786. The molecule has 126 valence electrons. The minimum atomic E-state index is -0.741. The van der Waals surface area contributed by atoms with Gasteiger partial charge < -0.3 is 14.8 Å². The Balaban J connectivity index is 2.51. The SMILES string of the molecule is CCOC(=O)c1nn(-c2ccccc2)c(=O)cc1NC(=O)COC. The van der Waals surface area contributed by atoms with E-state index in [0.717, 1.165) is 10.7 Å². The minimum absolute atomic E-state index is 0.0207. The summed E-state index contributed by atoms with van der Waals surface area (Å²) in [5, 5.41) is 6.48. The Hall–Kier alpha value is -3.00. The van der Waals surface area contributed by atoms with Crippen LogP contribution in [-0.2, 0) is 14.3 Å². The van der Waals surface area contributed by atoms with E-state index in [-0.39, 0.29) is 24.6 Å². The Labute approximate surface area is 138 Å².